The number of ether oxygens (including phenoxy) is 1. The van der Waals surface area contributed by atoms with E-state index in [1.807, 2.05) is 13.0 Å². The molecule has 0 aliphatic heterocycles. The third-order valence-corrected chi connectivity index (χ3v) is 7.57. The van der Waals surface area contributed by atoms with E-state index in [9.17, 15) is 9.90 Å². The third kappa shape index (κ3) is 6.11. The molecule has 0 heterocycles. The molecule has 1 unspecified atom stereocenters. The van der Waals surface area contributed by atoms with Crippen LogP contribution in [0, 0.1) is 18.8 Å². The molecule has 0 bridgehead atoms. The number of aryl methyl sites for hydroxylation is 1. The van der Waals surface area contributed by atoms with Crippen LogP contribution in [-0.4, -0.2) is 17.6 Å². The highest BCUT2D eigenvalue weighted by molar-refractivity contribution is 5.94. The summed E-state index contributed by atoms with van der Waals surface area (Å²) in [7, 11) is 0. The van der Waals surface area contributed by atoms with Gasteiger partial charge < -0.3 is 15.2 Å². The second-order valence-corrected chi connectivity index (χ2v) is 11.6. The summed E-state index contributed by atoms with van der Waals surface area (Å²) in [6, 6.07) is 19.6. The number of nitrogens with one attached hydrogen (secondary N) is 1. The molecule has 1 aliphatic carbocycles. The highest BCUT2D eigenvalue weighted by Gasteiger charge is 2.40. The van der Waals surface area contributed by atoms with Gasteiger partial charge in [-0.05, 0) is 84.5 Å². The lowest BCUT2D eigenvalue weighted by molar-refractivity contribution is 0.0956. The van der Waals surface area contributed by atoms with Crippen LogP contribution in [0.25, 0.3) is 0 Å². The molecular formula is C34H39NO3. The van der Waals surface area contributed by atoms with Gasteiger partial charge >= 0.3 is 0 Å². The molecule has 1 amide bonds. The molecule has 0 saturated heterocycles. The van der Waals surface area contributed by atoms with Crippen molar-refractivity contribution in [1.29, 1.82) is 0 Å². The largest absolute Gasteiger partial charge is 0.489 e. The van der Waals surface area contributed by atoms with Crippen molar-refractivity contribution in [2.75, 3.05) is 6.54 Å². The monoisotopic (exact) mass is 509 g/mol. The molecule has 38 heavy (non-hydrogen) atoms. The molecule has 1 atom stereocenters. The van der Waals surface area contributed by atoms with Gasteiger partial charge in [0.15, 0.2) is 0 Å². The first kappa shape index (κ1) is 27.5. The van der Waals surface area contributed by atoms with Gasteiger partial charge in [0, 0.05) is 23.2 Å². The van der Waals surface area contributed by atoms with Gasteiger partial charge in [-0.1, -0.05) is 75.4 Å². The molecule has 3 aromatic rings. The molecule has 2 N–H and O–H groups in total. The Balaban J connectivity index is 1.67. The van der Waals surface area contributed by atoms with E-state index >= 15 is 0 Å². The summed E-state index contributed by atoms with van der Waals surface area (Å²) in [5, 5.41) is 13.9. The molecule has 4 heteroatoms. The van der Waals surface area contributed by atoms with Crippen molar-refractivity contribution < 1.29 is 14.6 Å². The minimum Gasteiger partial charge on any atom is -0.489 e. The Morgan fingerprint density at radius 2 is 1.66 bits per heavy atom. The number of hydrogen-bond acceptors (Lipinski definition) is 3. The van der Waals surface area contributed by atoms with E-state index in [-0.39, 0.29) is 16.7 Å². The quantitative estimate of drug-likeness (QED) is 0.361. The highest BCUT2D eigenvalue weighted by Crippen LogP contribution is 2.50. The fourth-order valence-corrected chi connectivity index (χ4v) is 5.07. The lowest BCUT2D eigenvalue weighted by atomic mass is 9.62. The second kappa shape index (κ2) is 11.1. The first-order chi connectivity index (χ1) is 18.0. The van der Waals surface area contributed by atoms with Crippen molar-refractivity contribution in [1.82, 2.24) is 5.32 Å². The Labute approximate surface area is 227 Å². The number of carbonyl (C=O) groups excluding carboxylic acids is 1. The number of aliphatic hydroxyl groups is 1. The molecule has 0 spiro atoms. The van der Waals surface area contributed by atoms with Crippen LogP contribution in [-0.2, 0) is 17.4 Å². The Kier molecular flexibility index (Phi) is 7.99. The summed E-state index contributed by atoms with van der Waals surface area (Å²) in [6.45, 7) is 14.1. The normalized spacial score (nSPS) is 16.0. The van der Waals surface area contributed by atoms with E-state index in [1.165, 1.54) is 16.7 Å². The van der Waals surface area contributed by atoms with Crippen molar-refractivity contribution in [3.05, 3.63) is 99.6 Å². The number of amides is 1. The van der Waals surface area contributed by atoms with Gasteiger partial charge in [0.1, 0.15) is 18.5 Å². The number of fused-ring (bicyclic) bond motifs is 1. The molecule has 0 radical (unpaired) electrons. The van der Waals surface area contributed by atoms with Crippen molar-refractivity contribution >= 4 is 5.91 Å². The maximum atomic E-state index is 12.0. The van der Waals surface area contributed by atoms with Crippen LogP contribution in [0.5, 0.6) is 5.75 Å². The van der Waals surface area contributed by atoms with Crippen LogP contribution in [0.2, 0.25) is 0 Å². The van der Waals surface area contributed by atoms with E-state index in [1.54, 1.807) is 24.3 Å². The molecule has 0 saturated carbocycles. The van der Waals surface area contributed by atoms with E-state index in [2.05, 4.69) is 82.1 Å². The molecule has 3 aromatic carbocycles. The minimum atomic E-state index is -0.967. The fraction of sp³-hybridized carbons (Fsp3) is 0.382. The van der Waals surface area contributed by atoms with Crippen LogP contribution in [0.15, 0.2) is 60.7 Å². The van der Waals surface area contributed by atoms with Gasteiger partial charge in [-0.25, -0.2) is 0 Å². The summed E-state index contributed by atoms with van der Waals surface area (Å²) in [6.07, 6.45) is 1.17. The first-order valence-electron chi connectivity index (χ1n) is 13.5. The Morgan fingerprint density at radius 3 is 2.32 bits per heavy atom. The lowest BCUT2D eigenvalue weighted by Gasteiger charge is -2.43. The van der Waals surface area contributed by atoms with E-state index < -0.39 is 6.10 Å². The fourth-order valence-electron chi connectivity index (χ4n) is 5.07. The van der Waals surface area contributed by atoms with Crippen LogP contribution >= 0.6 is 0 Å². The van der Waals surface area contributed by atoms with Crippen molar-refractivity contribution in [2.45, 2.75) is 77.9 Å². The van der Waals surface area contributed by atoms with Crippen molar-refractivity contribution in [2.24, 2.45) is 0 Å². The predicted molar refractivity (Wildman–Crippen MR) is 154 cm³/mol. The predicted octanol–water partition coefficient (Wildman–Crippen LogP) is 6.76. The smallest absolute Gasteiger partial charge is 0.251 e. The average Bonchev–Trinajstić information content (AvgIpc) is 2.89. The molecular weight excluding hydrogens is 470 g/mol. The van der Waals surface area contributed by atoms with Crippen LogP contribution in [0.4, 0.5) is 0 Å². The van der Waals surface area contributed by atoms with Crippen molar-refractivity contribution in [3.8, 4) is 17.6 Å². The van der Waals surface area contributed by atoms with Gasteiger partial charge in [-0.2, -0.15) is 0 Å². The number of hydrogen-bond donors (Lipinski definition) is 2. The molecule has 4 nitrogen and oxygen atoms in total. The highest BCUT2D eigenvalue weighted by atomic mass is 16.5. The average molecular weight is 510 g/mol. The zero-order valence-electron chi connectivity index (χ0n) is 23.4. The summed E-state index contributed by atoms with van der Waals surface area (Å²) in [5.74, 6) is 6.78. The van der Waals surface area contributed by atoms with Gasteiger partial charge in [0.05, 0.1) is 0 Å². The van der Waals surface area contributed by atoms with Gasteiger partial charge in [-0.15, -0.1) is 0 Å². The number of aliphatic hydroxyl groups excluding tert-OH is 1. The maximum absolute atomic E-state index is 12.0. The lowest BCUT2D eigenvalue weighted by Crippen LogP contribution is -2.34. The molecule has 1 aliphatic rings. The number of benzene rings is 3. The van der Waals surface area contributed by atoms with Crippen LogP contribution < -0.4 is 10.1 Å². The third-order valence-electron chi connectivity index (χ3n) is 7.57. The van der Waals surface area contributed by atoms with E-state index in [0.29, 0.717) is 18.7 Å². The topological polar surface area (TPSA) is 58.6 Å². The number of carbonyl (C=O) groups is 1. The maximum Gasteiger partial charge on any atom is 0.251 e. The van der Waals surface area contributed by atoms with Gasteiger partial charge in [0.25, 0.3) is 5.91 Å². The minimum absolute atomic E-state index is 0.0333. The van der Waals surface area contributed by atoms with E-state index in [4.69, 9.17) is 4.74 Å². The molecule has 0 aromatic heterocycles. The first-order valence-corrected chi connectivity index (χ1v) is 13.5. The zero-order chi connectivity index (χ0) is 27.5. The summed E-state index contributed by atoms with van der Waals surface area (Å²) >= 11 is 0. The number of rotatable bonds is 6. The summed E-state index contributed by atoms with van der Waals surface area (Å²) in [4.78, 5) is 12.0. The SMILES string of the molecule is CCNC(=O)c1ccc(C#CC(O)c2cc(OCc3ccc(C)cc3)c3c(c2)C(C)(C)CCC3(C)C)cc1. The van der Waals surface area contributed by atoms with Gasteiger partial charge in [-0.3, -0.25) is 4.79 Å². The van der Waals surface area contributed by atoms with Gasteiger partial charge in [0.2, 0.25) is 0 Å². The Bertz CT molecular complexity index is 1360. The van der Waals surface area contributed by atoms with Crippen LogP contribution in [0.3, 0.4) is 0 Å². The zero-order valence-corrected chi connectivity index (χ0v) is 23.4. The molecule has 0 fully saturated rings. The second-order valence-electron chi connectivity index (χ2n) is 11.6. The Morgan fingerprint density at radius 1 is 1.00 bits per heavy atom. The summed E-state index contributed by atoms with van der Waals surface area (Å²) in [5.41, 5.74) is 6.78. The standard InChI is InChI=1S/C34H39NO3/c1-7-35-32(37)26-15-12-24(13-16-26)14-17-29(36)27-20-28-31(34(5,6)19-18-33(28,3)4)30(21-27)38-22-25-10-8-23(2)9-11-25/h8-13,15-16,20-21,29,36H,7,18-19,22H2,1-6H3,(H,35,37). The van der Waals surface area contributed by atoms with Crippen molar-refractivity contribution in [3.63, 3.8) is 0 Å². The molecule has 198 valence electrons. The van der Waals surface area contributed by atoms with E-state index in [0.717, 1.165) is 35.3 Å². The Hall–Kier alpha value is -3.55. The summed E-state index contributed by atoms with van der Waals surface area (Å²) < 4.78 is 6.47. The van der Waals surface area contributed by atoms with Crippen LogP contribution in [0.1, 0.15) is 97.3 Å². The molecule has 4 rings (SSSR count).